The van der Waals surface area contributed by atoms with Crippen LogP contribution < -0.4 is 5.32 Å². The summed E-state index contributed by atoms with van der Waals surface area (Å²) in [4.78, 5) is 14.0. The summed E-state index contributed by atoms with van der Waals surface area (Å²) in [7, 11) is 1.75. The molecule has 75 heavy (non-hydrogen) atoms. The molecule has 20 nitrogen and oxygen atoms in total. The molecular formula is C55H85NO19. The standard InChI is InChI=1S/C55H85NO19/c1-50(2)19-28-27-13-14-34-52(5)17-16-36(51(3,4)33(52)15-18-53(34,6)54(27,7)20-35(59)55(28,25-57)37(21-50)74-46(68)26-11-9-10-12-29(26)56-8)75-49-45(67)42(64)40(62)32(73-49)24-71-48-44(66)41(63)39(61)31(72-48)23-70-47-43(65)38(60)30(58)22-69-47/h9-13,28,30-45,47-49,56-67H,14-25H2,1-8H3. The van der Waals surface area contributed by atoms with Crippen molar-refractivity contribution < 1.29 is 94.1 Å². The number of hydrogen-bond donors (Lipinski definition) is 12. The van der Waals surface area contributed by atoms with Crippen LogP contribution in [0.25, 0.3) is 0 Å². The quantitative estimate of drug-likeness (QED) is 0.0792. The van der Waals surface area contributed by atoms with Crippen LogP contribution in [-0.4, -0.2) is 200 Å². The van der Waals surface area contributed by atoms with Crippen molar-refractivity contribution in [2.75, 3.05) is 38.8 Å². The van der Waals surface area contributed by atoms with E-state index in [9.17, 15) is 61.0 Å². The van der Waals surface area contributed by atoms with E-state index in [0.717, 1.165) is 32.1 Å². The van der Waals surface area contributed by atoms with Gasteiger partial charge >= 0.3 is 5.97 Å². The number of nitrogens with one attached hydrogen (secondary N) is 1. The number of allylic oxidation sites excluding steroid dienone is 2. The van der Waals surface area contributed by atoms with Crippen LogP contribution in [0.2, 0.25) is 0 Å². The molecule has 1 aromatic rings. The summed E-state index contributed by atoms with van der Waals surface area (Å²) < 4.78 is 41.6. The van der Waals surface area contributed by atoms with Crippen LogP contribution in [-0.2, 0) is 33.2 Å². The predicted molar refractivity (Wildman–Crippen MR) is 266 cm³/mol. The zero-order valence-corrected chi connectivity index (χ0v) is 44.6. The summed E-state index contributed by atoms with van der Waals surface area (Å²) in [6, 6.07) is 7.18. The van der Waals surface area contributed by atoms with E-state index in [1.807, 2.05) is 12.1 Å². The average Bonchev–Trinajstić information content (AvgIpc) is 3.37. The highest BCUT2D eigenvalue weighted by Gasteiger charge is 2.72. The minimum absolute atomic E-state index is 0.131. The average molecular weight is 1060 g/mol. The van der Waals surface area contributed by atoms with Gasteiger partial charge in [0.1, 0.15) is 73.2 Å². The Morgan fingerprint density at radius 1 is 0.693 bits per heavy atom. The molecule has 3 heterocycles. The summed E-state index contributed by atoms with van der Waals surface area (Å²) in [6.45, 7) is 14.1. The van der Waals surface area contributed by atoms with Crippen LogP contribution in [0.15, 0.2) is 35.9 Å². The maximum Gasteiger partial charge on any atom is 0.340 e. The van der Waals surface area contributed by atoms with Crippen molar-refractivity contribution in [1.29, 1.82) is 0 Å². The second-order valence-electron chi connectivity index (χ2n) is 25.5. The first-order chi connectivity index (χ1) is 35.2. The number of benzene rings is 1. The third-order valence-corrected chi connectivity index (χ3v) is 20.7. The van der Waals surface area contributed by atoms with Gasteiger partial charge in [-0.05, 0) is 108 Å². The Bertz CT molecular complexity index is 2230. The molecule has 0 bridgehead atoms. The fourth-order valence-corrected chi connectivity index (χ4v) is 16.2. The summed E-state index contributed by atoms with van der Waals surface area (Å²) in [6.07, 6.45) is -16.3. The number of carbonyl (C=O) groups excluding carboxylic acids is 1. The van der Waals surface area contributed by atoms with Gasteiger partial charge in [-0.15, -0.1) is 0 Å². The highest BCUT2D eigenvalue weighted by atomic mass is 16.7. The lowest BCUT2D eigenvalue weighted by atomic mass is 9.33. The first-order valence-corrected chi connectivity index (χ1v) is 27.1. The molecule has 3 aliphatic heterocycles. The van der Waals surface area contributed by atoms with Gasteiger partial charge in [-0.1, -0.05) is 72.2 Å². The van der Waals surface area contributed by atoms with Gasteiger partial charge in [0.25, 0.3) is 0 Å². The molecule has 9 rings (SSSR count). The number of rotatable bonds is 12. The SMILES string of the molecule is CNc1ccccc1C(=O)OC1CC(C)(C)CC2C3=CCC4C5(C)CCC(OC6OC(COC7OC(COC8OCC(O)C(O)C8O)C(O)C(O)C7O)C(O)C(O)C6O)C(C)(C)C5CCC4(C)C3(C)CC(O)C12CO. The molecular weight excluding hydrogens is 979 g/mol. The van der Waals surface area contributed by atoms with E-state index < -0.39 is 140 Å². The molecule has 7 fully saturated rings. The number of ether oxygens (including phenoxy) is 7. The molecule has 3 saturated heterocycles. The van der Waals surface area contributed by atoms with Crippen molar-refractivity contribution in [1.82, 2.24) is 0 Å². The van der Waals surface area contributed by atoms with Gasteiger partial charge < -0.3 is 94.6 Å². The first-order valence-electron chi connectivity index (χ1n) is 27.1. The lowest BCUT2D eigenvalue weighted by Gasteiger charge is -2.72. The van der Waals surface area contributed by atoms with Crippen molar-refractivity contribution in [3.63, 3.8) is 0 Å². The Labute approximate surface area is 439 Å². The van der Waals surface area contributed by atoms with E-state index >= 15 is 0 Å². The molecule has 8 aliphatic rings. The van der Waals surface area contributed by atoms with Crippen molar-refractivity contribution in [3.05, 3.63) is 41.5 Å². The van der Waals surface area contributed by atoms with Crippen LogP contribution in [0, 0.1) is 50.2 Å². The molecule has 1 aromatic carbocycles. The van der Waals surface area contributed by atoms with Gasteiger partial charge in [0.15, 0.2) is 18.9 Å². The zero-order chi connectivity index (χ0) is 54.5. The predicted octanol–water partition coefficient (Wildman–Crippen LogP) is 1.10. The molecule has 24 atom stereocenters. The van der Waals surface area contributed by atoms with E-state index in [0.29, 0.717) is 30.5 Å². The summed E-state index contributed by atoms with van der Waals surface area (Å²) in [5.74, 6) is -0.407. The summed E-state index contributed by atoms with van der Waals surface area (Å²) >= 11 is 0. The Morgan fingerprint density at radius 2 is 1.31 bits per heavy atom. The van der Waals surface area contributed by atoms with E-state index in [-0.39, 0.29) is 47.2 Å². The van der Waals surface area contributed by atoms with Gasteiger partial charge in [0.05, 0.1) is 49.6 Å². The van der Waals surface area contributed by atoms with E-state index in [2.05, 4.69) is 59.9 Å². The number of fused-ring (bicyclic) bond motifs is 7. The number of carbonyl (C=O) groups is 1. The molecule has 24 unspecified atom stereocenters. The van der Waals surface area contributed by atoms with Gasteiger partial charge in [-0.3, -0.25) is 0 Å². The molecule has 4 saturated carbocycles. The topological polar surface area (TPSA) is 316 Å². The number of aliphatic hydroxyl groups excluding tert-OH is 11. The van der Waals surface area contributed by atoms with Crippen molar-refractivity contribution in [2.45, 2.75) is 204 Å². The summed E-state index contributed by atoms with van der Waals surface area (Å²) in [5, 5.41) is 123. The third-order valence-electron chi connectivity index (χ3n) is 20.7. The summed E-state index contributed by atoms with van der Waals surface area (Å²) in [5.41, 5.74) is -0.495. The Balaban J connectivity index is 0.889. The zero-order valence-electron chi connectivity index (χ0n) is 44.6. The number of esters is 1. The number of aliphatic hydroxyl groups is 11. The number of anilines is 1. The molecule has 5 aliphatic carbocycles. The lowest BCUT2D eigenvalue weighted by Crippen LogP contribution is -2.69. The monoisotopic (exact) mass is 1060 g/mol. The molecule has 0 radical (unpaired) electrons. The fourth-order valence-electron chi connectivity index (χ4n) is 16.2. The van der Waals surface area contributed by atoms with Crippen LogP contribution >= 0.6 is 0 Å². The van der Waals surface area contributed by atoms with Gasteiger partial charge in [0.2, 0.25) is 0 Å². The minimum atomic E-state index is -1.79. The smallest absolute Gasteiger partial charge is 0.340 e. The number of para-hydroxylation sites is 1. The second kappa shape index (κ2) is 20.9. The maximum atomic E-state index is 14.0. The van der Waals surface area contributed by atoms with Gasteiger partial charge in [-0.2, -0.15) is 0 Å². The normalized spacial score (nSPS) is 49.2. The van der Waals surface area contributed by atoms with Gasteiger partial charge in [0, 0.05) is 12.7 Å². The van der Waals surface area contributed by atoms with Crippen LogP contribution in [0.3, 0.4) is 0 Å². The number of hydrogen-bond acceptors (Lipinski definition) is 20. The van der Waals surface area contributed by atoms with E-state index in [4.69, 9.17) is 33.2 Å². The molecule has 424 valence electrons. The van der Waals surface area contributed by atoms with Crippen molar-refractivity contribution in [2.24, 2.45) is 50.2 Å². The van der Waals surface area contributed by atoms with E-state index in [1.165, 1.54) is 5.57 Å². The van der Waals surface area contributed by atoms with Crippen LogP contribution in [0.4, 0.5) is 5.69 Å². The fraction of sp³-hybridized carbons (Fsp3) is 0.836. The molecule has 12 N–H and O–H groups in total. The Kier molecular flexibility index (Phi) is 15.9. The van der Waals surface area contributed by atoms with Crippen molar-refractivity contribution >= 4 is 11.7 Å². The van der Waals surface area contributed by atoms with Crippen LogP contribution in [0.1, 0.15) is 110 Å². The third kappa shape index (κ3) is 9.43. The van der Waals surface area contributed by atoms with Gasteiger partial charge in [-0.25, -0.2) is 4.79 Å². The second-order valence-corrected chi connectivity index (χ2v) is 25.5. The lowest BCUT2D eigenvalue weighted by molar-refractivity contribution is -0.348. The molecule has 0 amide bonds. The molecule has 0 aromatic heterocycles. The minimum Gasteiger partial charge on any atom is -0.458 e. The highest BCUT2D eigenvalue weighted by Crippen LogP contribution is 2.76. The Hall–Kier alpha value is -2.45. The molecule has 0 spiro atoms. The maximum absolute atomic E-state index is 14.0. The van der Waals surface area contributed by atoms with Crippen molar-refractivity contribution in [3.8, 4) is 0 Å². The molecule has 20 heteroatoms. The van der Waals surface area contributed by atoms with Crippen LogP contribution in [0.5, 0.6) is 0 Å². The van der Waals surface area contributed by atoms with E-state index in [1.54, 1.807) is 19.2 Å². The largest absolute Gasteiger partial charge is 0.458 e. The highest BCUT2D eigenvalue weighted by molar-refractivity contribution is 5.95. The Morgan fingerprint density at radius 3 is 1.96 bits per heavy atom. The first kappa shape index (κ1) is 57.2.